The number of esters is 2. The number of nitrogens with one attached hydrogen (secondary N) is 1. The monoisotopic (exact) mass is 400 g/mol. The molecule has 2 amide bonds. The summed E-state index contributed by atoms with van der Waals surface area (Å²) in [6.07, 6.45) is -1.04. The first kappa shape index (κ1) is 21.6. The molecule has 0 aromatic heterocycles. The molecule has 0 aliphatic heterocycles. The van der Waals surface area contributed by atoms with Crippen molar-refractivity contribution in [2.45, 2.75) is 19.6 Å². The minimum Gasteiger partial charge on any atom is -0.460 e. The molecule has 2 aromatic rings. The van der Waals surface area contributed by atoms with Gasteiger partial charge in [-0.05, 0) is 11.1 Å². The van der Waals surface area contributed by atoms with Gasteiger partial charge in [0, 0.05) is 0 Å². The average molecular weight is 400 g/mol. The van der Waals surface area contributed by atoms with Gasteiger partial charge in [0.05, 0.1) is 6.42 Å². The smallest absolute Gasteiger partial charge is 0.334 e. The molecule has 0 spiro atoms. The topological polar surface area (TPSA) is 145 Å². The number of hydrogen-bond acceptors (Lipinski definition) is 7. The van der Waals surface area contributed by atoms with Gasteiger partial charge in [-0.25, -0.2) is 5.48 Å². The Morgan fingerprint density at radius 2 is 1.24 bits per heavy atom. The standard InChI is InChI=1S/C20H20N2O7/c21-16(23)11-20(17(24)22-27,18(25)28-12-14-7-3-1-4-8-14)19(26)29-13-15-9-5-2-6-10-15/h1-10,27H,11-13H2,(H2,21,23)(H,22,24). The fourth-order valence-electron chi connectivity index (χ4n) is 2.54. The lowest BCUT2D eigenvalue weighted by molar-refractivity contribution is -0.181. The Hall–Kier alpha value is -3.72. The van der Waals surface area contributed by atoms with Gasteiger partial charge in [0.25, 0.3) is 11.3 Å². The van der Waals surface area contributed by atoms with Crippen LogP contribution in [0.15, 0.2) is 60.7 Å². The van der Waals surface area contributed by atoms with E-state index in [4.69, 9.17) is 20.4 Å². The van der Waals surface area contributed by atoms with Crippen LogP contribution in [-0.2, 0) is 41.9 Å². The third-order valence-corrected chi connectivity index (χ3v) is 4.05. The summed E-state index contributed by atoms with van der Waals surface area (Å²) < 4.78 is 10.1. The van der Waals surface area contributed by atoms with Crippen LogP contribution in [0.5, 0.6) is 0 Å². The maximum atomic E-state index is 12.7. The highest BCUT2D eigenvalue weighted by atomic mass is 16.6. The van der Waals surface area contributed by atoms with Crippen molar-refractivity contribution in [1.29, 1.82) is 0 Å². The van der Waals surface area contributed by atoms with Gasteiger partial charge in [0.2, 0.25) is 5.91 Å². The maximum Gasteiger partial charge on any atom is 0.334 e. The number of ether oxygens (including phenoxy) is 2. The highest BCUT2D eigenvalue weighted by molar-refractivity contribution is 6.21. The number of hydrogen-bond donors (Lipinski definition) is 3. The second-order valence-corrected chi connectivity index (χ2v) is 6.11. The molecule has 4 N–H and O–H groups in total. The van der Waals surface area contributed by atoms with E-state index in [2.05, 4.69) is 0 Å². The van der Waals surface area contributed by atoms with Crippen LogP contribution >= 0.6 is 0 Å². The van der Waals surface area contributed by atoms with Gasteiger partial charge >= 0.3 is 11.9 Å². The van der Waals surface area contributed by atoms with Crippen LogP contribution < -0.4 is 11.2 Å². The lowest BCUT2D eigenvalue weighted by Crippen LogP contribution is -2.54. The largest absolute Gasteiger partial charge is 0.460 e. The Balaban J connectivity index is 2.27. The normalized spacial score (nSPS) is 10.7. The van der Waals surface area contributed by atoms with E-state index in [0.29, 0.717) is 11.1 Å². The van der Waals surface area contributed by atoms with Gasteiger partial charge in [-0.3, -0.25) is 24.4 Å². The van der Waals surface area contributed by atoms with Gasteiger partial charge in [-0.15, -0.1) is 0 Å². The molecule has 0 radical (unpaired) electrons. The highest BCUT2D eigenvalue weighted by Gasteiger charge is 2.57. The van der Waals surface area contributed by atoms with E-state index < -0.39 is 35.6 Å². The molecular formula is C20H20N2O7. The first-order valence-electron chi connectivity index (χ1n) is 8.55. The fourth-order valence-corrected chi connectivity index (χ4v) is 2.54. The summed E-state index contributed by atoms with van der Waals surface area (Å²) in [5.74, 6) is -5.36. The Kier molecular flexibility index (Phi) is 7.44. The number of benzene rings is 2. The summed E-state index contributed by atoms with van der Waals surface area (Å²) in [6.45, 7) is -0.546. The molecule has 0 aliphatic carbocycles. The summed E-state index contributed by atoms with van der Waals surface area (Å²) in [5.41, 5.74) is 4.74. The van der Waals surface area contributed by atoms with Crippen LogP contribution in [0.1, 0.15) is 17.5 Å². The van der Waals surface area contributed by atoms with Gasteiger partial charge < -0.3 is 15.2 Å². The zero-order valence-electron chi connectivity index (χ0n) is 15.4. The van der Waals surface area contributed by atoms with Crippen LogP contribution in [0.4, 0.5) is 0 Å². The van der Waals surface area contributed by atoms with Crippen molar-refractivity contribution in [3.63, 3.8) is 0 Å². The van der Waals surface area contributed by atoms with Crippen molar-refractivity contribution in [1.82, 2.24) is 5.48 Å². The predicted octanol–water partition coefficient (Wildman–Crippen LogP) is 0.840. The maximum absolute atomic E-state index is 12.7. The first-order chi connectivity index (χ1) is 13.9. The van der Waals surface area contributed by atoms with Crippen LogP contribution in [-0.4, -0.2) is 29.0 Å². The molecule has 0 aliphatic rings. The number of carbonyl (C=O) groups excluding carboxylic acids is 4. The van der Waals surface area contributed by atoms with E-state index in [0.717, 1.165) is 0 Å². The molecule has 0 atom stereocenters. The number of primary amides is 1. The van der Waals surface area contributed by atoms with E-state index in [1.807, 2.05) is 0 Å². The minimum absolute atomic E-state index is 0.273. The van der Waals surface area contributed by atoms with Gasteiger partial charge in [-0.2, -0.15) is 0 Å². The van der Waals surface area contributed by atoms with Crippen molar-refractivity contribution in [3.05, 3.63) is 71.8 Å². The molecule has 2 aromatic carbocycles. The molecule has 29 heavy (non-hydrogen) atoms. The molecule has 9 heteroatoms. The van der Waals surface area contributed by atoms with E-state index in [1.54, 1.807) is 60.7 Å². The second-order valence-electron chi connectivity index (χ2n) is 6.11. The quantitative estimate of drug-likeness (QED) is 0.245. The van der Waals surface area contributed by atoms with Gasteiger partial charge in [-0.1, -0.05) is 60.7 Å². The zero-order valence-corrected chi connectivity index (χ0v) is 15.4. The summed E-state index contributed by atoms with van der Waals surface area (Å²) in [5, 5.41) is 9.08. The summed E-state index contributed by atoms with van der Waals surface area (Å²) >= 11 is 0. The average Bonchev–Trinajstić information content (AvgIpc) is 2.74. The number of carbonyl (C=O) groups is 4. The number of amides is 2. The van der Waals surface area contributed by atoms with Crippen molar-refractivity contribution in [3.8, 4) is 0 Å². The molecule has 0 fully saturated rings. The van der Waals surface area contributed by atoms with Crippen LogP contribution in [0.2, 0.25) is 0 Å². The molecule has 0 saturated heterocycles. The lowest BCUT2D eigenvalue weighted by atomic mass is 9.83. The molecule has 9 nitrogen and oxygen atoms in total. The van der Waals surface area contributed by atoms with E-state index >= 15 is 0 Å². The van der Waals surface area contributed by atoms with E-state index in [1.165, 1.54) is 5.48 Å². The van der Waals surface area contributed by atoms with Gasteiger partial charge in [0.1, 0.15) is 13.2 Å². The molecule has 152 valence electrons. The Bertz CT molecular complexity index is 813. The molecule has 0 unspecified atom stereocenters. The number of hydroxylamine groups is 1. The van der Waals surface area contributed by atoms with Crippen LogP contribution in [0.3, 0.4) is 0 Å². The third kappa shape index (κ3) is 5.39. The number of rotatable bonds is 9. The summed E-state index contributed by atoms with van der Waals surface area (Å²) in [4.78, 5) is 49.3. The van der Waals surface area contributed by atoms with E-state index in [-0.39, 0.29) is 13.2 Å². The number of nitrogens with two attached hydrogens (primary N) is 1. The molecular weight excluding hydrogens is 380 g/mol. The fraction of sp³-hybridized carbons (Fsp3) is 0.200. The Morgan fingerprint density at radius 3 is 1.59 bits per heavy atom. The van der Waals surface area contributed by atoms with Crippen molar-refractivity contribution >= 4 is 23.8 Å². The Morgan fingerprint density at radius 1 is 0.828 bits per heavy atom. The third-order valence-electron chi connectivity index (χ3n) is 4.05. The highest BCUT2D eigenvalue weighted by Crippen LogP contribution is 2.28. The second kappa shape index (κ2) is 10.00. The van der Waals surface area contributed by atoms with Crippen molar-refractivity contribution in [2.24, 2.45) is 11.1 Å². The molecule has 0 saturated carbocycles. The zero-order chi connectivity index (χ0) is 21.3. The van der Waals surface area contributed by atoms with Gasteiger partial charge in [0.15, 0.2) is 0 Å². The van der Waals surface area contributed by atoms with Crippen molar-refractivity contribution in [2.75, 3.05) is 0 Å². The van der Waals surface area contributed by atoms with Crippen LogP contribution in [0, 0.1) is 5.41 Å². The Labute approximate surface area is 166 Å². The summed E-state index contributed by atoms with van der Waals surface area (Å²) in [7, 11) is 0. The van der Waals surface area contributed by atoms with Crippen LogP contribution in [0.25, 0.3) is 0 Å². The predicted molar refractivity (Wildman–Crippen MR) is 98.6 cm³/mol. The summed E-state index contributed by atoms with van der Waals surface area (Å²) in [6, 6.07) is 16.9. The molecule has 2 rings (SSSR count). The SMILES string of the molecule is NC(=O)CC(C(=O)NO)(C(=O)OCc1ccccc1)C(=O)OCc1ccccc1. The van der Waals surface area contributed by atoms with Crippen molar-refractivity contribution < 1.29 is 33.9 Å². The van der Waals surface area contributed by atoms with E-state index in [9.17, 15) is 19.2 Å². The molecule has 0 bridgehead atoms. The lowest BCUT2D eigenvalue weighted by Gasteiger charge is -2.26. The molecule has 0 heterocycles. The minimum atomic E-state index is -2.79. The first-order valence-corrected chi connectivity index (χ1v) is 8.55.